The number of hydrogen-bond donors (Lipinski definition) is 0. The molecule has 5 heteroatoms. The third kappa shape index (κ3) is 2.93. The summed E-state index contributed by atoms with van der Waals surface area (Å²) in [6.07, 6.45) is 0. The molecule has 0 spiro atoms. The van der Waals surface area contributed by atoms with Gasteiger partial charge in [0.15, 0.2) is 0 Å². The Balaban J connectivity index is 2.66. The van der Waals surface area contributed by atoms with Crippen LogP contribution >= 0.6 is 15.9 Å². The van der Waals surface area contributed by atoms with Gasteiger partial charge in [0, 0.05) is 5.69 Å². The number of halogens is 1. The van der Waals surface area contributed by atoms with Crippen molar-refractivity contribution in [3.8, 4) is 0 Å². The van der Waals surface area contributed by atoms with Crippen LogP contribution in [0.2, 0.25) is 0 Å². The van der Waals surface area contributed by atoms with Crippen LogP contribution in [-0.4, -0.2) is 17.6 Å². The predicted molar refractivity (Wildman–Crippen MR) is 84.7 cm³/mol. The average Bonchev–Trinajstić information content (AvgIpc) is 2.51. The zero-order valence-corrected chi connectivity index (χ0v) is 13.7. The number of aromatic nitrogens is 1. The maximum atomic E-state index is 12.4. The Hall–Kier alpha value is -1.88. The van der Waals surface area contributed by atoms with Gasteiger partial charge in [0.05, 0.1) is 23.2 Å². The molecule has 0 bridgehead atoms. The Labute approximate surface area is 131 Å². The molecule has 1 unspecified atom stereocenters. The van der Waals surface area contributed by atoms with Gasteiger partial charge < -0.3 is 9.30 Å². The molecule has 0 saturated heterocycles. The maximum absolute atomic E-state index is 12.4. The van der Waals surface area contributed by atoms with Gasteiger partial charge in [0.1, 0.15) is 0 Å². The molecule has 21 heavy (non-hydrogen) atoms. The van der Waals surface area contributed by atoms with Crippen LogP contribution in [0.4, 0.5) is 0 Å². The molecular formula is C16H16BrNO3. The second-order valence-electron chi connectivity index (χ2n) is 4.74. The van der Waals surface area contributed by atoms with Crippen molar-refractivity contribution in [1.82, 2.24) is 4.57 Å². The fraction of sp³-hybridized carbons (Fsp3) is 0.250. The molecule has 0 saturated carbocycles. The lowest BCUT2D eigenvalue weighted by atomic mass is 10.1. The Morgan fingerprint density at radius 3 is 2.48 bits per heavy atom. The van der Waals surface area contributed by atoms with Crippen molar-refractivity contribution in [2.24, 2.45) is 0 Å². The number of benzene rings is 1. The molecule has 110 valence electrons. The second-order valence-corrected chi connectivity index (χ2v) is 5.60. The van der Waals surface area contributed by atoms with Crippen molar-refractivity contribution in [2.45, 2.75) is 19.9 Å². The maximum Gasteiger partial charge on any atom is 0.339 e. The highest BCUT2D eigenvalue weighted by Crippen LogP contribution is 2.21. The molecule has 0 N–H and O–H groups in total. The molecule has 1 atom stereocenters. The van der Waals surface area contributed by atoms with E-state index in [1.54, 1.807) is 11.5 Å². The Morgan fingerprint density at radius 1 is 1.29 bits per heavy atom. The van der Waals surface area contributed by atoms with Gasteiger partial charge in [-0.05, 0) is 41.4 Å². The Morgan fingerprint density at radius 2 is 1.90 bits per heavy atom. The smallest absolute Gasteiger partial charge is 0.339 e. The molecule has 2 rings (SSSR count). The van der Waals surface area contributed by atoms with E-state index >= 15 is 0 Å². The standard InChI is InChI=1S/C16H16BrNO3/c1-10(12-7-5-4-6-8-12)18-11(2)13(16(20)21-3)9-14(17)15(18)19/h4-10H,1-3H3. The summed E-state index contributed by atoms with van der Waals surface area (Å²) in [5.41, 5.74) is 1.80. The fourth-order valence-electron chi connectivity index (χ4n) is 2.35. The summed E-state index contributed by atoms with van der Waals surface area (Å²) >= 11 is 3.23. The van der Waals surface area contributed by atoms with Crippen molar-refractivity contribution < 1.29 is 9.53 Å². The normalized spacial score (nSPS) is 12.0. The van der Waals surface area contributed by atoms with E-state index in [-0.39, 0.29) is 11.6 Å². The van der Waals surface area contributed by atoms with E-state index in [9.17, 15) is 9.59 Å². The topological polar surface area (TPSA) is 48.3 Å². The number of pyridine rings is 1. The fourth-order valence-corrected chi connectivity index (χ4v) is 2.77. The van der Waals surface area contributed by atoms with E-state index in [1.807, 2.05) is 37.3 Å². The van der Waals surface area contributed by atoms with E-state index in [0.29, 0.717) is 15.7 Å². The highest BCUT2D eigenvalue weighted by Gasteiger charge is 2.20. The van der Waals surface area contributed by atoms with Gasteiger partial charge in [-0.25, -0.2) is 4.79 Å². The van der Waals surface area contributed by atoms with Crippen LogP contribution in [0.3, 0.4) is 0 Å². The van der Waals surface area contributed by atoms with Gasteiger partial charge >= 0.3 is 5.97 Å². The van der Waals surface area contributed by atoms with Crippen LogP contribution in [0.25, 0.3) is 0 Å². The van der Waals surface area contributed by atoms with Gasteiger partial charge in [0.25, 0.3) is 5.56 Å². The summed E-state index contributed by atoms with van der Waals surface area (Å²) in [4.78, 5) is 24.3. The van der Waals surface area contributed by atoms with E-state index < -0.39 is 5.97 Å². The van der Waals surface area contributed by atoms with Crippen LogP contribution < -0.4 is 5.56 Å². The Kier molecular flexibility index (Phi) is 4.63. The highest BCUT2D eigenvalue weighted by molar-refractivity contribution is 9.10. The van der Waals surface area contributed by atoms with Gasteiger partial charge in [-0.2, -0.15) is 0 Å². The summed E-state index contributed by atoms with van der Waals surface area (Å²) in [6, 6.07) is 11.0. The van der Waals surface area contributed by atoms with Crippen LogP contribution in [0.1, 0.15) is 34.6 Å². The van der Waals surface area contributed by atoms with Crippen LogP contribution in [0.5, 0.6) is 0 Å². The molecule has 0 fully saturated rings. The number of hydrogen-bond acceptors (Lipinski definition) is 3. The SMILES string of the molecule is COC(=O)c1cc(Br)c(=O)n(C(C)c2ccccc2)c1C. The minimum atomic E-state index is -0.456. The minimum Gasteiger partial charge on any atom is -0.465 e. The predicted octanol–water partition coefficient (Wildman–Crippen LogP) is 3.32. The van der Waals surface area contributed by atoms with E-state index in [2.05, 4.69) is 15.9 Å². The van der Waals surface area contributed by atoms with Gasteiger partial charge in [-0.15, -0.1) is 0 Å². The molecule has 0 aliphatic rings. The second kappa shape index (κ2) is 6.26. The average molecular weight is 350 g/mol. The number of rotatable bonds is 3. The van der Waals surface area contributed by atoms with Gasteiger partial charge in [-0.1, -0.05) is 30.3 Å². The molecular weight excluding hydrogens is 334 g/mol. The van der Waals surface area contributed by atoms with Crippen molar-refractivity contribution in [2.75, 3.05) is 7.11 Å². The monoisotopic (exact) mass is 349 g/mol. The molecule has 0 aliphatic heterocycles. The summed E-state index contributed by atoms with van der Waals surface area (Å²) in [7, 11) is 1.33. The number of ether oxygens (including phenoxy) is 1. The van der Waals surface area contributed by atoms with Crippen LogP contribution in [-0.2, 0) is 4.74 Å². The molecule has 0 amide bonds. The molecule has 1 aromatic heterocycles. The minimum absolute atomic E-state index is 0.170. The summed E-state index contributed by atoms with van der Waals surface area (Å²) in [5, 5.41) is 0. The largest absolute Gasteiger partial charge is 0.465 e. The molecule has 0 radical (unpaired) electrons. The number of esters is 1. The lowest BCUT2D eigenvalue weighted by Crippen LogP contribution is -2.29. The van der Waals surface area contributed by atoms with Crippen molar-refractivity contribution in [1.29, 1.82) is 0 Å². The zero-order valence-electron chi connectivity index (χ0n) is 12.1. The van der Waals surface area contributed by atoms with Gasteiger partial charge in [0.2, 0.25) is 0 Å². The molecule has 2 aromatic rings. The lowest BCUT2D eigenvalue weighted by Gasteiger charge is -2.20. The van der Waals surface area contributed by atoms with Crippen molar-refractivity contribution in [3.05, 3.63) is 68.0 Å². The van der Waals surface area contributed by atoms with E-state index in [4.69, 9.17) is 4.74 Å². The van der Waals surface area contributed by atoms with E-state index in [1.165, 1.54) is 13.2 Å². The Bertz CT molecular complexity index is 722. The van der Waals surface area contributed by atoms with Crippen molar-refractivity contribution >= 4 is 21.9 Å². The third-order valence-corrected chi connectivity index (χ3v) is 4.09. The number of methoxy groups -OCH3 is 1. The number of carbonyl (C=O) groups excluding carboxylic acids is 1. The first-order chi connectivity index (χ1) is 9.97. The first kappa shape index (κ1) is 15.5. The van der Waals surface area contributed by atoms with Crippen molar-refractivity contribution in [3.63, 3.8) is 0 Å². The van der Waals surface area contributed by atoms with Crippen LogP contribution in [0.15, 0.2) is 45.7 Å². The third-order valence-electron chi connectivity index (χ3n) is 3.52. The van der Waals surface area contributed by atoms with Gasteiger partial charge in [-0.3, -0.25) is 4.79 Å². The van der Waals surface area contributed by atoms with E-state index in [0.717, 1.165) is 5.56 Å². The lowest BCUT2D eigenvalue weighted by molar-refractivity contribution is 0.0598. The highest BCUT2D eigenvalue weighted by atomic mass is 79.9. The zero-order chi connectivity index (χ0) is 15.6. The quantitative estimate of drug-likeness (QED) is 0.798. The molecule has 0 aliphatic carbocycles. The first-order valence-corrected chi connectivity index (χ1v) is 7.31. The summed E-state index contributed by atoms with van der Waals surface area (Å²) in [6.45, 7) is 3.68. The number of nitrogens with zero attached hydrogens (tertiary/aromatic N) is 1. The number of carbonyl (C=O) groups is 1. The molecule has 4 nitrogen and oxygen atoms in total. The molecule has 1 heterocycles. The summed E-state index contributed by atoms with van der Waals surface area (Å²) in [5.74, 6) is -0.456. The first-order valence-electron chi connectivity index (χ1n) is 6.52. The van der Waals surface area contributed by atoms with Crippen LogP contribution in [0, 0.1) is 6.92 Å². The summed E-state index contributed by atoms with van der Waals surface area (Å²) < 4.78 is 6.72. The molecule has 1 aromatic carbocycles.